The van der Waals surface area contributed by atoms with Crippen molar-refractivity contribution in [2.75, 3.05) is 0 Å². The van der Waals surface area contributed by atoms with Gasteiger partial charge in [-0.3, -0.25) is 0 Å². The first-order valence-electron chi connectivity index (χ1n) is 6.34. The van der Waals surface area contributed by atoms with Gasteiger partial charge in [0, 0.05) is 16.1 Å². The van der Waals surface area contributed by atoms with Crippen molar-refractivity contribution >= 4 is 15.9 Å². The van der Waals surface area contributed by atoms with Gasteiger partial charge in [0.1, 0.15) is 5.75 Å². The van der Waals surface area contributed by atoms with E-state index in [2.05, 4.69) is 15.9 Å². The number of hydrogen-bond donors (Lipinski definition) is 2. The third-order valence-corrected chi connectivity index (χ3v) is 4.27. The second-order valence-electron chi connectivity index (χ2n) is 5.08. The number of hydrogen-bond acceptors (Lipinski definition) is 2. The number of benzene rings is 1. The summed E-state index contributed by atoms with van der Waals surface area (Å²) in [6.45, 7) is 1.91. The highest BCUT2D eigenvalue weighted by Crippen LogP contribution is 2.38. The van der Waals surface area contributed by atoms with Gasteiger partial charge in [0.05, 0.1) is 0 Å². The lowest BCUT2D eigenvalue weighted by Crippen LogP contribution is -2.23. The first kappa shape index (κ1) is 12.9. The van der Waals surface area contributed by atoms with Crippen LogP contribution in [0.25, 0.3) is 0 Å². The Morgan fingerprint density at radius 2 is 1.94 bits per heavy atom. The van der Waals surface area contributed by atoms with Crippen molar-refractivity contribution < 1.29 is 5.11 Å². The predicted octanol–water partition coefficient (Wildman–Crippen LogP) is 4.04. The number of aryl methyl sites for hydroxylation is 1. The van der Waals surface area contributed by atoms with E-state index in [9.17, 15) is 5.11 Å². The SMILES string of the molecule is Cc1cc(Br)cc([C@H](N)C2CCCCC2)c1O. The lowest BCUT2D eigenvalue weighted by atomic mass is 9.81. The fourth-order valence-electron chi connectivity index (χ4n) is 2.76. The molecule has 1 aromatic carbocycles. The molecule has 1 aliphatic rings. The molecule has 2 nitrogen and oxygen atoms in total. The van der Waals surface area contributed by atoms with Crippen LogP contribution in [0.2, 0.25) is 0 Å². The summed E-state index contributed by atoms with van der Waals surface area (Å²) < 4.78 is 0.994. The minimum atomic E-state index is -0.0356. The number of phenolic OH excluding ortho intramolecular Hbond substituents is 1. The fraction of sp³-hybridized carbons (Fsp3) is 0.571. The molecule has 0 saturated heterocycles. The minimum absolute atomic E-state index is 0.0356. The van der Waals surface area contributed by atoms with E-state index in [0.29, 0.717) is 11.7 Å². The summed E-state index contributed by atoms with van der Waals surface area (Å²) in [6.07, 6.45) is 6.24. The summed E-state index contributed by atoms with van der Waals surface area (Å²) in [5, 5.41) is 10.1. The second-order valence-corrected chi connectivity index (χ2v) is 6.00. The maximum atomic E-state index is 10.1. The van der Waals surface area contributed by atoms with Crippen molar-refractivity contribution in [3.63, 3.8) is 0 Å². The maximum absolute atomic E-state index is 10.1. The normalized spacial score (nSPS) is 19.2. The summed E-state index contributed by atoms with van der Waals surface area (Å²) in [5.41, 5.74) is 8.11. The van der Waals surface area contributed by atoms with Gasteiger partial charge >= 0.3 is 0 Å². The molecular formula is C14H20BrNO. The Kier molecular flexibility index (Phi) is 4.10. The molecule has 3 heteroatoms. The zero-order chi connectivity index (χ0) is 12.4. The number of halogens is 1. The number of nitrogens with two attached hydrogens (primary N) is 1. The zero-order valence-corrected chi connectivity index (χ0v) is 11.8. The van der Waals surface area contributed by atoms with E-state index >= 15 is 0 Å². The lowest BCUT2D eigenvalue weighted by Gasteiger charge is -2.28. The quantitative estimate of drug-likeness (QED) is 0.865. The molecule has 0 unspecified atom stereocenters. The third-order valence-electron chi connectivity index (χ3n) is 3.81. The van der Waals surface area contributed by atoms with Gasteiger partial charge < -0.3 is 10.8 Å². The van der Waals surface area contributed by atoms with E-state index in [1.54, 1.807) is 0 Å². The minimum Gasteiger partial charge on any atom is -0.507 e. The van der Waals surface area contributed by atoms with Gasteiger partial charge in [0.2, 0.25) is 0 Å². The molecule has 94 valence electrons. The van der Waals surface area contributed by atoms with Crippen LogP contribution in [0, 0.1) is 12.8 Å². The van der Waals surface area contributed by atoms with Crippen molar-refractivity contribution in [2.45, 2.75) is 45.1 Å². The van der Waals surface area contributed by atoms with Gasteiger partial charge in [-0.25, -0.2) is 0 Å². The van der Waals surface area contributed by atoms with Crippen LogP contribution in [0.4, 0.5) is 0 Å². The van der Waals surface area contributed by atoms with Crippen molar-refractivity contribution in [1.82, 2.24) is 0 Å². The Morgan fingerprint density at radius 3 is 2.59 bits per heavy atom. The molecule has 0 heterocycles. The van der Waals surface area contributed by atoms with Gasteiger partial charge in [-0.15, -0.1) is 0 Å². The maximum Gasteiger partial charge on any atom is 0.123 e. The Labute approximate surface area is 111 Å². The zero-order valence-electron chi connectivity index (χ0n) is 10.2. The Bertz CT molecular complexity index is 399. The fourth-order valence-corrected chi connectivity index (χ4v) is 3.35. The van der Waals surface area contributed by atoms with E-state index in [4.69, 9.17) is 5.73 Å². The molecule has 0 spiro atoms. The van der Waals surface area contributed by atoms with Gasteiger partial charge in [0.15, 0.2) is 0 Å². The Hall–Kier alpha value is -0.540. The summed E-state index contributed by atoms with van der Waals surface area (Å²) >= 11 is 3.47. The van der Waals surface area contributed by atoms with Gasteiger partial charge in [-0.05, 0) is 43.4 Å². The molecule has 0 aliphatic heterocycles. The van der Waals surface area contributed by atoms with Crippen LogP contribution in [-0.2, 0) is 0 Å². The molecule has 2 rings (SSSR count). The topological polar surface area (TPSA) is 46.2 Å². The molecule has 1 aromatic rings. The third kappa shape index (κ3) is 2.83. The molecule has 3 N–H and O–H groups in total. The first-order chi connectivity index (χ1) is 8.09. The van der Waals surface area contributed by atoms with E-state index in [1.165, 1.54) is 32.1 Å². The second kappa shape index (κ2) is 5.40. The van der Waals surface area contributed by atoms with Crippen molar-refractivity contribution in [2.24, 2.45) is 11.7 Å². The molecule has 0 bridgehead atoms. The summed E-state index contributed by atoms with van der Waals surface area (Å²) in [6, 6.07) is 3.85. The Morgan fingerprint density at radius 1 is 1.29 bits per heavy atom. The van der Waals surface area contributed by atoms with Crippen LogP contribution in [0.15, 0.2) is 16.6 Å². The van der Waals surface area contributed by atoms with Crippen molar-refractivity contribution in [3.05, 3.63) is 27.7 Å². The summed E-state index contributed by atoms with van der Waals surface area (Å²) in [5.74, 6) is 0.884. The highest BCUT2D eigenvalue weighted by Gasteiger charge is 2.24. The van der Waals surface area contributed by atoms with Gasteiger partial charge in [-0.1, -0.05) is 35.2 Å². The largest absolute Gasteiger partial charge is 0.507 e. The van der Waals surface area contributed by atoms with Gasteiger partial charge in [0.25, 0.3) is 0 Å². The van der Waals surface area contributed by atoms with Gasteiger partial charge in [-0.2, -0.15) is 0 Å². The standard InChI is InChI=1S/C14H20BrNO/c1-9-7-11(15)8-12(14(9)17)13(16)10-5-3-2-4-6-10/h7-8,10,13,17H,2-6,16H2,1H3/t13-/m1/s1. The highest BCUT2D eigenvalue weighted by atomic mass is 79.9. The average molecular weight is 298 g/mol. The monoisotopic (exact) mass is 297 g/mol. The van der Waals surface area contributed by atoms with E-state index < -0.39 is 0 Å². The molecule has 17 heavy (non-hydrogen) atoms. The van der Waals surface area contributed by atoms with Crippen LogP contribution in [0.3, 0.4) is 0 Å². The van der Waals surface area contributed by atoms with E-state index in [1.807, 2.05) is 19.1 Å². The molecule has 0 aromatic heterocycles. The smallest absolute Gasteiger partial charge is 0.123 e. The highest BCUT2D eigenvalue weighted by molar-refractivity contribution is 9.10. The summed E-state index contributed by atoms with van der Waals surface area (Å²) in [4.78, 5) is 0. The van der Waals surface area contributed by atoms with E-state index in [0.717, 1.165) is 15.6 Å². The van der Waals surface area contributed by atoms with Crippen LogP contribution in [0.5, 0.6) is 5.75 Å². The average Bonchev–Trinajstić information content (AvgIpc) is 2.34. The number of rotatable bonds is 2. The predicted molar refractivity (Wildman–Crippen MR) is 74.0 cm³/mol. The number of aromatic hydroxyl groups is 1. The van der Waals surface area contributed by atoms with Crippen LogP contribution < -0.4 is 5.73 Å². The van der Waals surface area contributed by atoms with Crippen molar-refractivity contribution in [1.29, 1.82) is 0 Å². The molecule has 1 fully saturated rings. The molecule has 0 radical (unpaired) electrons. The number of phenols is 1. The first-order valence-corrected chi connectivity index (χ1v) is 7.13. The lowest BCUT2D eigenvalue weighted by molar-refractivity contribution is 0.302. The van der Waals surface area contributed by atoms with E-state index in [-0.39, 0.29) is 6.04 Å². The molecule has 0 amide bonds. The van der Waals surface area contributed by atoms with Crippen LogP contribution in [-0.4, -0.2) is 5.11 Å². The van der Waals surface area contributed by atoms with Crippen LogP contribution >= 0.6 is 15.9 Å². The van der Waals surface area contributed by atoms with Crippen LogP contribution in [0.1, 0.15) is 49.3 Å². The molecular weight excluding hydrogens is 278 g/mol. The molecule has 1 atom stereocenters. The van der Waals surface area contributed by atoms with Crippen molar-refractivity contribution in [3.8, 4) is 5.75 Å². The molecule has 1 saturated carbocycles. The molecule has 1 aliphatic carbocycles. The Balaban J connectivity index is 2.26. The summed E-state index contributed by atoms with van der Waals surface area (Å²) in [7, 11) is 0.